The number of sulfonamides is 1. The first kappa shape index (κ1) is 22.5. The molecule has 3 rings (SSSR count). The Balaban J connectivity index is 1.54. The Bertz CT molecular complexity index is 1030. The van der Waals surface area contributed by atoms with E-state index in [4.69, 9.17) is 9.15 Å². The fourth-order valence-corrected chi connectivity index (χ4v) is 5.14. The lowest BCUT2D eigenvalue weighted by Gasteiger charge is -2.31. The average molecular weight is 440 g/mol. The van der Waals surface area contributed by atoms with Gasteiger partial charge in [0.25, 0.3) is 0 Å². The summed E-state index contributed by atoms with van der Waals surface area (Å²) in [5, 5.41) is 2.89. The molecule has 0 unspecified atom stereocenters. The van der Waals surface area contributed by atoms with Crippen molar-refractivity contribution in [2.24, 2.45) is 13.0 Å². The van der Waals surface area contributed by atoms with E-state index in [-0.39, 0.29) is 22.3 Å². The van der Waals surface area contributed by atoms with Crippen molar-refractivity contribution in [1.29, 1.82) is 0 Å². The minimum absolute atomic E-state index is 0.00244. The molecule has 30 heavy (non-hydrogen) atoms. The monoisotopic (exact) mass is 439 g/mol. The maximum atomic E-state index is 13.0. The van der Waals surface area contributed by atoms with E-state index in [2.05, 4.69) is 5.32 Å². The molecule has 1 saturated heterocycles. The summed E-state index contributed by atoms with van der Waals surface area (Å²) < 4.78 is 39.1. The van der Waals surface area contributed by atoms with Crippen molar-refractivity contribution >= 4 is 27.0 Å². The number of aromatic nitrogens is 1. The molecule has 1 aromatic heterocycles. The normalized spacial score (nSPS) is 16.2. The van der Waals surface area contributed by atoms with Gasteiger partial charge in [-0.2, -0.15) is 4.31 Å². The van der Waals surface area contributed by atoms with Gasteiger partial charge in [0.15, 0.2) is 5.58 Å². The number of benzene rings is 1. The summed E-state index contributed by atoms with van der Waals surface area (Å²) in [6.45, 7) is 4.55. The van der Waals surface area contributed by atoms with Crippen LogP contribution in [0.4, 0.5) is 0 Å². The van der Waals surface area contributed by atoms with Crippen molar-refractivity contribution in [3.63, 3.8) is 0 Å². The van der Waals surface area contributed by atoms with Gasteiger partial charge in [-0.25, -0.2) is 13.2 Å². The lowest BCUT2D eigenvalue weighted by Crippen LogP contribution is -2.39. The third-order valence-corrected chi connectivity index (χ3v) is 7.34. The van der Waals surface area contributed by atoms with Crippen LogP contribution in [-0.4, -0.2) is 56.0 Å². The first-order chi connectivity index (χ1) is 14.3. The molecular formula is C20H29N3O6S. The average Bonchev–Trinajstić information content (AvgIpc) is 3.01. The number of hydrogen-bond donors (Lipinski definition) is 1. The predicted molar refractivity (Wildman–Crippen MR) is 112 cm³/mol. The molecule has 0 saturated carbocycles. The van der Waals surface area contributed by atoms with Gasteiger partial charge in [0.1, 0.15) is 0 Å². The van der Waals surface area contributed by atoms with Gasteiger partial charge in [-0.05, 0) is 44.2 Å². The summed E-state index contributed by atoms with van der Waals surface area (Å²) in [5.41, 5.74) is 0.796. The highest BCUT2D eigenvalue weighted by atomic mass is 32.2. The van der Waals surface area contributed by atoms with E-state index in [1.165, 1.54) is 21.0 Å². The smallest absolute Gasteiger partial charge is 0.408 e. The van der Waals surface area contributed by atoms with Gasteiger partial charge in [-0.1, -0.05) is 0 Å². The first-order valence-corrected chi connectivity index (χ1v) is 11.7. The molecule has 0 aliphatic carbocycles. The van der Waals surface area contributed by atoms with Crippen molar-refractivity contribution in [3.05, 3.63) is 28.7 Å². The maximum Gasteiger partial charge on any atom is 0.419 e. The van der Waals surface area contributed by atoms with Crippen LogP contribution in [0.1, 0.15) is 32.6 Å². The fraction of sp³-hybridized carbons (Fsp3) is 0.600. The number of carbonyl (C=O) groups is 1. The Morgan fingerprint density at radius 2 is 2.03 bits per heavy atom. The molecule has 1 aliphatic heterocycles. The number of piperidine rings is 1. The minimum atomic E-state index is -3.68. The Labute approximate surface area is 176 Å². The summed E-state index contributed by atoms with van der Waals surface area (Å²) in [6.07, 6.45) is 2.45. The molecule has 1 fully saturated rings. The van der Waals surface area contributed by atoms with Crippen molar-refractivity contribution in [1.82, 2.24) is 14.2 Å². The van der Waals surface area contributed by atoms with E-state index < -0.39 is 15.8 Å². The topological polar surface area (TPSA) is 111 Å². The number of oxazole rings is 1. The van der Waals surface area contributed by atoms with Crippen LogP contribution in [0.25, 0.3) is 11.1 Å². The number of nitrogens with one attached hydrogen (secondary N) is 1. The standard InChI is InChI=1S/C20H29N3O6S/c1-3-28-12-4-9-21-19(24)13-15-7-10-23(11-8-15)30(26,27)16-5-6-17-18(14-16)29-20(25)22(17)2/h5-6,14-15H,3-4,7-13H2,1-2H3,(H,21,24). The molecule has 10 heteroatoms. The summed E-state index contributed by atoms with van der Waals surface area (Å²) >= 11 is 0. The molecule has 166 valence electrons. The van der Waals surface area contributed by atoms with Crippen LogP contribution >= 0.6 is 0 Å². The SMILES string of the molecule is CCOCCCNC(=O)CC1CCN(S(=O)(=O)c2ccc3c(c2)oc(=O)n3C)CC1. The molecule has 0 spiro atoms. The number of fused-ring (bicyclic) bond motifs is 1. The minimum Gasteiger partial charge on any atom is -0.408 e. The zero-order chi connectivity index (χ0) is 21.7. The fourth-order valence-electron chi connectivity index (χ4n) is 3.66. The highest BCUT2D eigenvalue weighted by molar-refractivity contribution is 7.89. The lowest BCUT2D eigenvalue weighted by molar-refractivity contribution is -0.122. The van der Waals surface area contributed by atoms with Gasteiger partial charge in [-0.3, -0.25) is 9.36 Å². The zero-order valence-corrected chi connectivity index (χ0v) is 18.2. The molecule has 2 heterocycles. The molecule has 0 bridgehead atoms. The van der Waals surface area contributed by atoms with E-state index in [9.17, 15) is 18.0 Å². The highest BCUT2D eigenvalue weighted by Gasteiger charge is 2.30. The largest absolute Gasteiger partial charge is 0.419 e. The van der Waals surface area contributed by atoms with Gasteiger partial charge in [0.2, 0.25) is 15.9 Å². The van der Waals surface area contributed by atoms with E-state index in [1.807, 2.05) is 6.92 Å². The Morgan fingerprint density at radius 1 is 1.30 bits per heavy atom. The number of carbonyl (C=O) groups excluding carboxylic acids is 1. The molecule has 1 N–H and O–H groups in total. The quantitative estimate of drug-likeness (QED) is 0.592. The molecule has 1 aliphatic rings. The van der Waals surface area contributed by atoms with E-state index in [1.54, 1.807) is 13.1 Å². The number of rotatable bonds is 9. The first-order valence-electron chi connectivity index (χ1n) is 10.3. The van der Waals surface area contributed by atoms with Crippen LogP contribution < -0.4 is 11.1 Å². The molecule has 0 radical (unpaired) electrons. The van der Waals surface area contributed by atoms with Crippen LogP contribution in [0, 0.1) is 5.92 Å². The number of amides is 1. The van der Waals surface area contributed by atoms with Crippen molar-refractivity contribution in [2.45, 2.75) is 37.5 Å². The van der Waals surface area contributed by atoms with E-state index in [0.29, 0.717) is 57.6 Å². The van der Waals surface area contributed by atoms with Gasteiger partial charge in [-0.15, -0.1) is 0 Å². The number of nitrogens with zero attached hydrogens (tertiary/aromatic N) is 2. The molecule has 1 aromatic carbocycles. The van der Waals surface area contributed by atoms with E-state index >= 15 is 0 Å². The van der Waals surface area contributed by atoms with E-state index in [0.717, 1.165) is 6.42 Å². The molecular weight excluding hydrogens is 410 g/mol. The summed E-state index contributed by atoms with van der Waals surface area (Å²) in [4.78, 5) is 23.8. The van der Waals surface area contributed by atoms with Crippen LogP contribution in [0.5, 0.6) is 0 Å². The Hall–Kier alpha value is -2.17. The maximum absolute atomic E-state index is 13.0. The van der Waals surface area contributed by atoms with Gasteiger partial charge >= 0.3 is 5.76 Å². The molecule has 1 amide bonds. The number of hydrogen-bond acceptors (Lipinski definition) is 6. The molecule has 2 aromatic rings. The second-order valence-electron chi connectivity index (χ2n) is 7.51. The summed E-state index contributed by atoms with van der Waals surface area (Å²) in [7, 11) is -2.11. The zero-order valence-electron chi connectivity index (χ0n) is 17.4. The molecule has 9 nitrogen and oxygen atoms in total. The van der Waals surface area contributed by atoms with Crippen LogP contribution in [0.3, 0.4) is 0 Å². The third kappa shape index (κ3) is 5.11. The second-order valence-corrected chi connectivity index (χ2v) is 9.45. The van der Waals surface area contributed by atoms with Crippen LogP contribution in [-0.2, 0) is 26.6 Å². The lowest BCUT2D eigenvalue weighted by atomic mass is 9.94. The third-order valence-electron chi connectivity index (χ3n) is 5.44. The second kappa shape index (κ2) is 9.76. The van der Waals surface area contributed by atoms with Crippen LogP contribution in [0.2, 0.25) is 0 Å². The number of aryl methyl sites for hydroxylation is 1. The summed E-state index contributed by atoms with van der Waals surface area (Å²) in [6, 6.07) is 4.47. The Kier molecular flexibility index (Phi) is 7.32. The molecule has 0 atom stereocenters. The van der Waals surface area contributed by atoms with Crippen molar-refractivity contribution in [2.75, 3.05) is 32.8 Å². The van der Waals surface area contributed by atoms with Gasteiger partial charge < -0.3 is 14.5 Å². The Morgan fingerprint density at radius 3 is 2.73 bits per heavy atom. The van der Waals surface area contributed by atoms with Crippen LogP contribution in [0.15, 0.2) is 32.3 Å². The van der Waals surface area contributed by atoms with Gasteiger partial charge in [0, 0.05) is 52.4 Å². The highest BCUT2D eigenvalue weighted by Crippen LogP contribution is 2.27. The predicted octanol–water partition coefficient (Wildman–Crippen LogP) is 1.47. The van der Waals surface area contributed by atoms with Crippen molar-refractivity contribution in [3.8, 4) is 0 Å². The van der Waals surface area contributed by atoms with Crippen molar-refractivity contribution < 1.29 is 22.4 Å². The van der Waals surface area contributed by atoms with Gasteiger partial charge in [0.05, 0.1) is 10.4 Å². The summed E-state index contributed by atoms with van der Waals surface area (Å²) in [5.74, 6) is -0.369. The number of ether oxygens (including phenoxy) is 1.